The van der Waals surface area contributed by atoms with Crippen molar-refractivity contribution in [1.82, 2.24) is 25.1 Å². The van der Waals surface area contributed by atoms with Crippen LogP contribution in [0.15, 0.2) is 30.7 Å². The minimum Gasteiger partial charge on any atom is -0.482 e. The zero-order valence-electron chi connectivity index (χ0n) is 16.3. The second kappa shape index (κ2) is 8.66. The largest absolute Gasteiger partial charge is 0.482 e. The highest BCUT2D eigenvalue weighted by Crippen LogP contribution is 2.22. The number of ether oxygens (including phenoxy) is 1. The van der Waals surface area contributed by atoms with E-state index >= 15 is 0 Å². The van der Waals surface area contributed by atoms with Gasteiger partial charge in [0.1, 0.15) is 11.4 Å². The van der Waals surface area contributed by atoms with E-state index in [-0.39, 0.29) is 24.5 Å². The average molecular weight is 423 g/mol. The van der Waals surface area contributed by atoms with Crippen LogP contribution in [0.2, 0.25) is 0 Å². The number of nitrogens with one attached hydrogen (secondary N) is 1. The minimum absolute atomic E-state index is 0.0583. The molecule has 0 fully saturated rings. The minimum atomic E-state index is -4.42. The van der Waals surface area contributed by atoms with Crippen molar-refractivity contribution >= 4 is 16.8 Å². The maximum absolute atomic E-state index is 12.3. The summed E-state index contributed by atoms with van der Waals surface area (Å²) in [5.41, 5.74) is 1.81. The highest BCUT2D eigenvalue weighted by Gasteiger charge is 2.28. The van der Waals surface area contributed by atoms with Crippen LogP contribution in [-0.2, 0) is 6.54 Å². The van der Waals surface area contributed by atoms with Crippen molar-refractivity contribution in [3.8, 4) is 5.75 Å². The van der Waals surface area contributed by atoms with E-state index in [1.807, 2.05) is 0 Å². The van der Waals surface area contributed by atoms with Crippen LogP contribution in [0.5, 0.6) is 5.75 Å². The van der Waals surface area contributed by atoms with Crippen molar-refractivity contribution in [3.05, 3.63) is 47.7 Å². The number of aryl methyl sites for hydroxylation is 1. The van der Waals surface area contributed by atoms with Gasteiger partial charge in [0.25, 0.3) is 5.91 Å². The number of aliphatic hydroxyl groups excluding tert-OH is 1. The molecule has 30 heavy (non-hydrogen) atoms. The number of pyridine rings is 2. The summed E-state index contributed by atoms with van der Waals surface area (Å²) in [6.45, 7) is 2.14. The molecule has 0 aliphatic carbocycles. The molecule has 1 atom stereocenters. The molecule has 3 heterocycles. The van der Waals surface area contributed by atoms with E-state index < -0.39 is 24.8 Å². The fourth-order valence-corrected chi connectivity index (χ4v) is 2.74. The van der Waals surface area contributed by atoms with E-state index in [9.17, 15) is 23.1 Å². The molecule has 3 aromatic rings. The molecule has 0 radical (unpaired) electrons. The summed E-state index contributed by atoms with van der Waals surface area (Å²) in [7, 11) is 0. The van der Waals surface area contributed by atoms with Gasteiger partial charge < -0.3 is 15.2 Å². The van der Waals surface area contributed by atoms with E-state index in [1.54, 1.807) is 36.9 Å². The molecule has 3 aromatic heterocycles. The van der Waals surface area contributed by atoms with Gasteiger partial charge in [0, 0.05) is 18.9 Å². The summed E-state index contributed by atoms with van der Waals surface area (Å²) in [6.07, 6.45) is -0.756. The molecule has 0 aliphatic heterocycles. The van der Waals surface area contributed by atoms with E-state index in [4.69, 9.17) is 4.74 Å². The average Bonchev–Trinajstić information content (AvgIpc) is 3.07. The van der Waals surface area contributed by atoms with Gasteiger partial charge in [-0.15, -0.1) is 0 Å². The van der Waals surface area contributed by atoms with Crippen LogP contribution in [-0.4, -0.2) is 56.2 Å². The number of rotatable bonds is 7. The second-order valence-electron chi connectivity index (χ2n) is 6.82. The van der Waals surface area contributed by atoms with Crippen molar-refractivity contribution in [2.45, 2.75) is 32.7 Å². The zero-order valence-corrected chi connectivity index (χ0v) is 16.3. The SMILES string of the molecule is Cc1cc(Cn2cc3c(C(=O)NC[C@H](C)O)nccc3n2)ncc1OCC(F)(F)F. The first-order chi connectivity index (χ1) is 14.1. The normalized spacial score (nSPS) is 12.7. The number of aliphatic hydroxyl groups is 1. The number of amides is 1. The van der Waals surface area contributed by atoms with Crippen LogP contribution < -0.4 is 10.1 Å². The Kier molecular flexibility index (Phi) is 6.20. The Labute approximate surface area is 169 Å². The lowest BCUT2D eigenvalue weighted by molar-refractivity contribution is -0.153. The van der Waals surface area contributed by atoms with Crippen LogP contribution in [0.4, 0.5) is 13.2 Å². The molecule has 0 saturated heterocycles. The highest BCUT2D eigenvalue weighted by molar-refractivity contribution is 6.04. The molecule has 2 N–H and O–H groups in total. The number of aromatic nitrogens is 4. The lowest BCUT2D eigenvalue weighted by atomic mass is 10.2. The van der Waals surface area contributed by atoms with Gasteiger partial charge in [0.05, 0.1) is 35.4 Å². The topological polar surface area (TPSA) is 102 Å². The van der Waals surface area contributed by atoms with Crippen LogP contribution in [0, 0.1) is 6.92 Å². The highest BCUT2D eigenvalue weighted by atomic mass is 19.4. The summed E-state index contributed by atoms with van der Waals surface area (Å²) < 4.78 is 43.3. The maximum Gasteiger partial charge on any atom is 0.422 e. The third-order valence-corrected chi connectivity index (χ3v) is 4.09. The Bertz CT molecular complexity index is 1050. The first kappa shape index (κ1) is 21.5. The Morgan fingerprint density at radius 2 is 2.13 bits per heavy atom. The zero-order chi connectivity index (χ0) is 21.9. The maximum atomic E-state index is 12.3. The molecule has 0 aliphatic rings. The van der Waals surface area contributed by atoms with Crippen LogP contribution in [0.3, 0.4) is 0 Å². The molecule has 0 spiro atoms. The van der Waals surface area contributed by atoms with Crippen LogP contribution >= 0.6 is 0 Å². The lowest BCUT2D eigenvalue weighted by Crippen LogP contribution is -2.31. The molecular weight excluding hydrogens is 403 g/mol. The quantitative estimate of drug-likeness (QED) is 0.604. The van der Waals surface area contributed by atoms with Gasteiger partial charge in [-0.2, -0.15) is 18.3 Å². The van der Waals surface area contributed by atoms with E-state index in [0.29, 0.717) is 22.2 Å². The van der Waals surface area contributed by atoms with E-state index in [1.165, 1.54) is 12.4 Å². The van der Waals surface area contributed by atoms with Gasteiger partial charge in [-0.1, -0.05) is 0 Å². The monoisotopic (exact) mass is 423 g/mol. The standard InChI is InChI=1S/C19H20F3N5O3/c1-11-5-13(24-7-16(11)30-10-19(20,21)22)8-27-9-14-15(26-27)3-4-23-17(14)18(29)25-6-12(2)28/h3-5,7,9,12,28H,6,8,10H2,1-2H3,(H,25,29)/t12-/m0/s1. The second-order valence-corrected chi connectivity index (χ2v) is 6.82. The summed E-state index contributed by atoms with van der Waals surface area (Å²) >= 11 is 0. The fourth-order valence-electron chi connectivity index (χ4n) is 2.74. The number of fused-ring (bicyclic) bond motifs is 1. The molecule has 160 valence electrons. The van der Waals surface area contributed by atoms with Gasteiger partial charge in [-0.05, 0) is 31.5 Å². The summed E-state index contributed by atoms with van der Waals surface area (Å²) in [5.74, 6) is -0.371. The van der Waals surface area contributed by atoms with Gasteiger partial charge >= 0.3 is 6.18 Å². The first-order valence-electron chi connectivity index (χ1n) is 9.06. The van der Waals surface area contributed by atoms with E-state index in [2.05, 4.69) is 20.4 Å². The van der Waals surface area contributed by atoms with Gasteiger partial charge in [-0.3, -0.25) is 19.4 Å². The Morgan fingerprint density at radius 3 is 2.80 bits per heavy atom. The smallest absolute Gasteiger partial charge is 0.422 e. The van der Waals surface area contributed by atoms with Crippen molar-refractivity contribution in [2.75, 3.05) is 13.2 Å². The Balaban J connectivity index is 1.77. The lowest BCUT2D eigenvalue weighted by Gasteiger charge is -2.11. The Morgan fingerprint density at radius 1 is 1.37 bits per heavy atom. The van der Waals surface area contributed by atoms with Gasteiger partial charge in [0.15, 0.2) is 6.61 Å². The van der Waals surface area contributed by atoms with Crippen LogP contribution in [0.25, 0.3) is 10.9 Å². The molecule has 1 amide bonds. The predicted octanol–water partition coefficient (Wildman–Crippen LogP) is 2.23. The summed E-state index contributed by atoms with van der Waals surface area (Å²) in [5, 5.41) is 16.8. The molecule has 0 aromatic carbocycles. The van der Waals surface area contributed by atoms with Gasteiger partial charge in [0.2, 0.25) is 0 Å². The van der Waals surface area contributed by atoms with E-state index in [0.717, 1.165) is 0 Å². The number of carbonyl (C=O) groups excluding carboxylic acids is 1. The number of alkyl halides is 3. The van der Waals surface area contributed by atoms with Crippen molar-refractivity contribution in [2.24, 2.45) is 0 Å². The van der Waals surface area contributed by atoms with Crippen LogP contribution in [0.1, 0.15) is 28.7 Å². The molecule has 11 heteroatoms. The fraction of sp³-hybridized carbons (Fsp3) is 0.368. The number of hydrogen-bond acceptors (Lipinski definition) is 6. The van der Waals surface area contributed by atoms with Crippen molar-refractivity contribution < 1.29 is 27.8 Å². The molecule has 3 rings (SSSR count). The summed E-state index contributed by atoms with van der Waals surface area (Å²) in [4.78, 5) is 20.6. The first-order valence-corrected chi connectivity index (χ1v) is 9.06. The molecular formula is C19H20F3N5O3. The van der Waals surface area contributed by atoms with Gasteiger partial charge in [-0.25, -0.2) is 0 Å². The van der Waals surface area contributed by atoms with Crippen molar-refractivity contribution in [3.63, 3.8) is 0 Å². The molecule has 8 nitrogen and oxygen atoms in total. The number of halogens is 3. The number of carbonyl (C=O) groups is 1. The third-order valence-electron chi connectivity index (χ3n) is 4.09. The molecule has 0 saturated carbocycles. The summed E-state index contributed by atoms with van der Waals surface area (Å²) in [6, 6.07) is 3.27. The van der Waals surface area contributed by atoms with Crippen molar-refractivity contribution in [1.29, 1.82) is 0 Å². The number of hydrogen-bond donors (Lipinski definition) is 2. The molecule has 0 unspecified atom stereocenters. The predicted molar refractivity (Wildman–Crippen MR) is 101 cm³/mol. The Hall–Kier alpha value is -3.21. The molecule has 0 bridgehead atoms. The number of nitrogens with zero attached hydrogens (tertiary/aromatic N) is 4. The third kappa shape index (κ3) is 5.44.